The van der Waals surface area contributed by atoms with Gasteiger partial charge in [-0.05, 0) is 31.2 Å². The van der Waals surface area contributed by atoms with Gasteiger partial charge in [-0.15, -0.1) is 0 Å². The SMILES string of the molecule is C[C@@H](C(=O)O)N(c1ccccc1)S(=O)(=O)C1=CCC(C)([N+](=O)[O-])C=C1. The summed E-state index contributed by atoms with van der Waals surface area (Å²) in [6.07, 6.45) is 3.53. The van der Waals surface area contributed by atoms with Crippen molar-refractivity contribution in [2.75, 3.05) is 4.31 Å². The van der Waals surface area contributed by atoms with Gasteiger partial charge in [0.05, 0.1) is 10.6 Å². The van der Waals surface area contributed by atoms with Crippen molar-refractivity contribution in [3.63, 3.8) is 0 Å². The Kier molecular flexibility index (Phi) is 4.98. The van der Waals surface area contributed by atoms with E-state index in [0.717, 1.165) is 10.4 Å². The van der Waals surface area contributed by atoms with Crippen molar-refractivity contribution in [2.24, 2.45) is 0 Å². The van der Waals surface area contributed by atoms with Crippen molar-refractivity contribution < 1.29 is 23.2 Å². The number of carboxylic acids is 1. The zero-order valence-electron chi connectivity index (χ0n) is 13.7. The second-order valence-corrected chi connectivity index (χ2v) is 7.72. The second kappa shape index (κ2) is 6.67. The highest BCUT2D eigenvalue weighted by Crippen LogP contribution is 2.31. The predicted octanol–water partition coefficient (Wildman–Crippen LogP) is 2.18. The number of rotatable bonds is 6. The first-order valence-corrected chi connectivity index (χ1v) is 8.90. The van der Waals surface area contributed by atoms with Crippen LogP contribution in [-0.4, -0.2) is 36.0 Å². The molecule has 1 aliphatic rings. The molecule has 0 bridgehead atoms. The van der Waals surface area contributed by atoms with E-state index in [1.807, 2.05) is 0 Å². The van der Waals surface area contributed by atoms with Crippen LogP contribution in [0.25, 0.3) is 0 Å². The minimum atomic E-state index is -4.19. The van der Waals surface area contributed by atoms with Crippen molar-refractivity contribution >= 4 is 21.7 Å². The number of carboxylic acid groups (broad SMARTS) is 1. The summed E-state index contributed by atoms with van der Waals surface area (Å²) in [5.41, 5.74) is -1.18. The van der Waals surface area contributed by atoms with E-state index in [-0.39, 0.29) is 17.0 Å². The highest BCUT2D eigenvalue weighted by molar-refractivity contribution is 7.96. The number of hydrogen-bond acceptors (Lipinski definition) is 5. The van der Waals surface area contributed by atoms with Crippen molar-refractivity contribution in [3.05, 3.63) is 63.6 Å². The topological polar surface area (TPSA) is 118 Å². The molecule has 1 unspecified atom stereocenters. The van der Waals surface area contributed by atoms with Crippen molar-refractivity contribution in [1.29, 1.82) is 0 Å². The molecule has 8 nitrogen and oxygen atoms in total. The summed E-state index contributed by atoms with van der Waals surface area (Å²) in [6.45, 7) is 2.65. The average molecular weight is 366 g/mol. The summed E-state index contributed by atoms with van der Waals surface area (Å²) < 4.78 is 26.8. The highest BCUT2D eigenvalue weighted by atomic mass is 32.2. The van der Waals surface area contributed by atoms with Gasteiger partial charge in [0.2, 0.25) is 5.54 Å². The fraction of sp³-hybridized carbons (Fsp3) is 0.312. The molecule has 0 radical (unpaired) electrons. The van der Waals surface area contributed by atoms with Gasteiger partial charge in [-0.2, -0.15) is 0 Å². The summed E-state index contributed by atoms with van der Waals surface area (Å²) in [6, 6.07) is 6.52. The van der Waals surface area contributed by atoms with Crippen LogP contribution in [0.3, 0.4) is 0 Å². The van der Waals surface area contributed by atoms with Gasteiger partial charge in [0.15, 0.2) is 0 Å². The molecule has 0 saturated carbocycles. The van der Waals surface area contributed by atoms with E-state index in [4.69, 9.17) is 0 Å². The Morgan fingerprint density at radius 1 is 1.36 bits per heavy atom. The van der Waals surface area contributed by atoms with E-state index in [9.17, 15) is 28.4 Å². The molecule has 0 heterocycles. The molecule has 25 heavy (non-hydrogen) atoms. The standard InChI is InChI=1S/C16H18N2O6S/c1-12(15(19)20)17(13-6-4-3-5-7-13)25(23,24)14-8-10-16(2,11-9-14)18(21)22/h3-10,12H,11H2,1-2H3,(H,19,20)/t12-,16?/m0/s1. The molecule has 0 aromatic heterocycles. The number of nitro groups is 1. The lowest BCUT2D eigenvalue weighted by Crippen LogP contribution is -2.44. The molecule has 2 atom stereocenters. The van der Waals surface area contributed by atoms with Crippen LogP contribution >= 0.6 is 0 Å². The summed E-state index contributed by atoms with van der Waals surface area (Å²) >= 11 is 0. The summed E-state index contributed by atoms with van der Waals surface area (Å²) in [4.78, 5) is 21.8. The minimum absolute atomic E-state index is 0.102. The van der Waals surface area contributed by atoms with Gasteiger partial charge in [0.25, 0.3) is 10.0 Å². The lowest BCUT2D eigenvalue weighted by molar-refractivity contribution is -0.549. The molecule has 0 amide bonds. The molecule has 0 fully saturated rings. The van der Waals surface area contributed by atoms with E-state index < -0.39 is 32.5 Å². The summed E-state index contributed by atoms with van der Waals surface area (Å²) in [5.74, 6) is -1.30. The Morgan fingerprint density at radius 2 is 1.96 bits per heavy atom. The van der Waals surface area contributed by atoms with E-state index in [1.165, 1.54) is 38.1 Å². The molecule has 2 rings (SSSR count). The van der Waals surface area contributed by atoms with Crippen LogP contribution in [0.2, 0.25) is 0 Å². The number of nitrogens with zero attached hydrogens (tertiary/aromatic N) is 2. The van der Waals surface area contributed by atoms with Gasteiger partial charge in [-0.1, -0.05) is 24.3 Å². The Labute approximate surface area is 145 Å². The van der Waals surface area contributed by atoms with Crippen LogP contribution in [-0.2, 0) is 14.8 Å². The molecule has 1 aliphatic carbocycles. The molecule has 0 aliphatic heterocycles. The van der Waals surface area contributed by atoms with Crippen LogP contribution < -0.4 is 4.31 Å². The largest absolute Gasteiger partial charge is 0.480 e. The number of hydrogen-bond donors (Lipinski definition) is 1. The first kappa shape index (κ1) is 18.7. The van der Waals surface area contributed by atoms with Crippen molar-refractivity contribution in [3.8, 4) is 0 Å². The maximum absolute atomic E-state index is 13.0. The van der Waals surface area contributed by atoms with Gasteiger partial charge >= 0.3 is 5.97 Å². The lowest BCUT2D eigenvalue weighted by Gasteiger charge is -2.29. The van der Waals surface area contributed by atoms with E-state index in [0.29, 0.717) is 0 Å². The highest BCUT2D eigenvalue weighted by Gasteiger charge is 2.39. The summed E-state index contributed by atoms with van der Waals surface area (Å²) in [7, 11) is -4.19. The van der Waals surface area contributed by atoms with Crippen molar-refractivity contribution in [2.45, 2.75) is 31.8 Å². The van der Waals surface area contributed by atoms with Crippen LogP contribution in [0, 0.1) is 10.1 Å². The lowest BCUT2D eigenvalue weighted by atomic mass is 9.95. The third-order valence-electron chi connectivity index (χ3n) is 4.02. The fourth-order valence-electron chi connectivity index (χ4n) is 2.39. The van der Waals surface area contributed by atoms with Gasteiger partial charge < -0.3 is 5.11 Å². The smallest absolute Gasteiger partial charge is 0.327 e. The number of carbonyl (C=O) groups is 1. The van der Waals surface area contributed by atoms with Gasteiger partial charge in [-0.25, -0.2) is 13.2 Å². The van der Waals surface area contributed by atoms with E-state index in [1.54, 1.807) is 18.2 Å². The van der Waals surface area contributed by atoms with Gasteiger partial charge in [0, 0.05) is 18.3 Å². The van der Waals surface area contributed by atoms with Crippen LogP contribution in [0.15, 0.2) is 53.5 Å². The monoisotopic (exact) mass is 366 g/mol. The molecular formula is C16H18N2O6S. The number of benzene rings is 1. The molecule has 1 aromatic rings. The van der Waals surface area contributed by atoms with Crippen molar-refractivity contribution in [1.82, 2.24) is 0 Å². The van der Waals surface area contributed by atoms with E-state index >= 15 is 0 Å². The number of allylic oxidation sites excluding steroid dienone is 1. The first-order valence-electron chi connectivity index (χ1n) is 7.46. The van der Waals surface area contributed by atoms with E-state index in [2.05, 4.69) is 0 Å². The number of sulfonamides is 1. The Balaban J connectivity index is 2.48. The molecule has 134 valence electrons. The normalized spacial score (nSPS) is 21.3. The number of aliphatic carboxylic acids is 1. The Morgan fingerprint density at radius 3 is 2.40 bits per heavy atom. The number of anilines is 1. The third-order valence-corrected chi connectivity index (χ3v) is 5.96. The Bertz CT molecular complexity index is 847. The third kappa shape index (κ3) is 3.55. The zero-order valence-corrected chi connectivity index (χ0v) is 14.5. The van der Waals surface area contributed by atoms with Gasteiger partial charge in [-0.3, -0.25) is 14.4 Å². The first-order chi connectivity index (χ1) is 11.6. The van der Waals surface area contributed by atoms with Gasteiger partial charge in [0.1, 0.15) is 6.04 Å². The maximum atomic E-state index is 13.0. The molecular weight excluding hydrogens is 348 g/mol. The molecule has 1 aromatic carbocycles. The quantitative estimate of drug-likeness (QED) is 0.609. The molecule has 0 spiro atoms. The molecule has 0 saturated heterocycles. The minimum Gasteiger partial charge on any atom is -0.480 e. The van der Waals surface area contributed by atoms with Crippen LogP contribution in [0.1, 0.15) is 20.3 Å². The summed E-state index contributed by atoms with van der Waals surface area (Å²) in [5, 5.41) is 20.4. The second-order valence-electron chi connectivity index (χ2n) is 5.91. The predicted molar refractivity (Wildman–Crippen MR) is 92.2 cm³/mol. The molecule has 9 heteroatoms. The fourth-order valence-corrected chi connectivity index (χ4v) is 4.06. The Hall–Kier alpha value is -2.68. The maximum Gasteiger partial charge on any atom is 0.327 e. The zero-order chi connectivity index (χ0) is 18.8. The number of para-hydroxylation sites is 1. The average Bonchev–Trinajstić information content (AvgIpc) is 2.56. The van der Waals surface area contributed by atoms with Crippen LogP contribution in [0.5, 0.6) is 0 Å². The molecule has 1 N–H and O–H groups in total. The van der Waals surface area contributed by atoms with Crippen LogP contribution in [0.4, 0.5) is 5.69 Å².